The summed E-state index contributed by atoms with van der Waals surface area (Å²) in [7, 11) is 0. The second kappa shape index (κ2) is 13.4. The van der Waals surface area contributed by atoms with Crippen molar-refractivity contribution in [3.8, 4) is 10.4 Å². The molecule has 19 heavy (non-hydrogen) atoms. The molecule has 0 saturated heterocycles. The molecule has 0 saturated carbocycles. The summed E-state index contributed by atoms with van der Waals surface area (Å²) >= 11 is 1.85. The minimum Gasteiger partial charge on any atom is -0.141 e. The Kier molecular flexibility index (Phi) is 14.2. The van der Waals surface area contributed by atoms with E-state index in [-0.39, 0.29) is 0 Å². The van der Waals surface area contributed by atoms with Gasteiger partial charge < -0.3 is 0 Å². The third-order valence-corrected chi connectivity index (χ3v) is 3.09. The van der Waals surface area contributed by atoms with E-state index in [1.807, 2.05) is 52.9 Å². The zero-order chi connectivity index (χ0) is 15.3. The highest BCUT2D eigenvalue weighted by molar-refractivity contribution is 7.15. The average molecular weight is 279 g/mol. The fourth-order valence-corrected chi connectivity index (χ4v) is 2.25. The summed E-state index contributed by atoms with van der Waals surface area (Å²) in [6.07, 6.45) is 0. The van der Waals surface area contributed by atoms with Crippen molar-refractivity contribution in [2.75, 3.05) is 0 Å². The fourth-order valence-electron chi connectivity index (χ4n) is 1.39. The van der Waals surface area contributed by atoms with E-state index in [0.29, 0.717) is 0 Å². The smallest absolute Gasteiger partial charge is 0.0345 e. The van der Waals surface area contributed by atoms with Gasteiger partial charge in [0.2, 0.25) is 0 Å². The molecule has 0 amide bonds. The number of hydrogen-bond acceptors (Lipinski definition) is 1. The number of thiophene rings is 1. The maximum Gasteiger partial charge on any atom is 0.0345 e. The van der Waals surface area contributed by atoms with Crippen LogP contribution in [-0.2, 0) is 0 Å². The van der Waals surface area contributed by atoms with E-state index in [0.717, 1.165) is 0 Å². The largest absolute Gasteiger partial charge is 0.141 e. The zero-order valence-corrected chi connectivity index (χ0v) is 14.7. The number of aryl methyl sites for hydroxylation is 2. The van der Waals surface area contributed by atoms with Crippen LogP contribution < -0.4 is 0 Å². The van der Waals surface area contributed by atoms with Crippen LogP contribution in [-0.4, -0.2) is 0 Å². The van der Waals surface area contributed by atoms with E-state index in [4.69, 9.17) is 0 Å². The van der Waals surface area contributed by atoms with E-state index in [2.05, 4.69) is 50.2 Å². The molecule has 0 bridgehead atoms. The lowest BCUT2D eigenvalue weighted by Gasteiger charge is -1.97. The molecule has 0 aliphatic heterocycles. The highest BCUT2D eigenvalue weighted by Gasteiger charge is 1.99. The quantitative estimate of drug-likeness (QED) is 0.521. The Morgan fingerprint density at radius 1 is 0.737 bits per heavy atom. The predicted octanol–water partition coefficient (Wildman–Crippen LogP) is 7.11. The molecule has 1 aromatic carbocycles. The van der Waals surface area contributed by atoms with Gasteiger partial charge in [-0.15, -0.1) is 11.3 Å². The zero-order valence-electron chi connectivity index (χ0n) is 13.9. The van der Waals surface area contributed by atoms with Crippen LogP contribution >= 0.6 is 11.3 Å². The van der Waals surface area contributed by atoms with Crippen molar-refractivity contribution in [2.24, 2.45) is 0 Å². The predicted molar refractivity (Wildman–Crippen MR) is 93.3 cm³/mol. The summed E-state index contributed by atoms with van der Waals surface area (Å²) in [5.41, 5.74) is 2.65. The molecule has 0 atom stereocenters. The molecule has 2 aromatic rings. The highest BCUT2D eigenvalue weighted by atomic mass is 32.1. The summed E-state index contributed by atoms with van der Waals surface area (Å²) in [5, 5.41) is 0. The van der Waals surface area contributed by atoms with Crippen molar-refractivity contribution in [1.29, 1.82) is 0 Å². The van der Waals surface area contributed by atoms with Gasteiger partial charge in [0.05, 0.1) is 0 Å². The lowest BCUT2D eigenvalue weighted by atomic mass is 10.1. The fraction of sp³-hybridized carbons (Fsp3) is 0.444. The first-order valence-electron chi connectivity index (χ1n) is 7.39. The summed E-state index contributed by atoms with van der Waals surface area (Å²) in [5.74, 6) is 0. The Hall–Kier alpha value is -1.08. The van der Waals surface area contributed by atoms with Gasteiger partial charge in [-0.2, -0.15) is 0 Å². The van der Waals surface area contributed by atoms with Crippen molar-refractivity contribution in [3.05, 3.63) is 46.8 Å². The Morgan fingerprint density at radius 2 is 1.32 bits per heavy atom. The van der Waals surface area contributed by atoms with Crippen LogP contribution in [0.3, 0.4) is 0 Å². The van der Waals surface area contributed by atoms with Crippen molar-refractivity contribution >= 4 is 11.3 Å². The van der Waals surface area contributed by atoms with Gasteiger partial charge in [0.25, 0.3) is 0 Å². The van der Waals surface area contributed by atoms with Crippen LogP contribution in [0.4, 0.5) is 0 Å². The first kappa shape index (κ1) is 20.2. The molecular weight excluding hydrogens is 248 g/mol. The molecule has 0 unspecified atom stereocenters. The van der Waals surface area contributed by atoms with Gasteiger partial charge in [0.15, 0.2) is 0 Å². The third-order valence-electron chi connectivity index (χ3n) is 2.04. The molecule has 0 radical (unpaired) electrons. The van der Waals surface area contributed by atoms with E-state index < -0.39 is 0 Å². The molecule has 108 valence electrons. The molecule has 0 aliphatic rings. The maximum absolute atomic E-state index is 2.23. The lowest BCUT2D eigenvalue weighted by Crippen LogP contribution is -1.73. The first-order chi connectivity index (χ1) is 9.25. The van der Waals surface area contributed by atoms with E-state index in [1.54, 1.807) is 0 Å². The Bertz CT molecular complexity index is 413. The third kappa shape index (κ3) is 7.84. The highest BCUT2D eigenvalue weighted by Crippen LogP contribution is 2.27. The lowest BCUT2D eigenvalue weighted by molar-refractivity contribution is 1.48. The molecule has 2 rings (SSSR count). The molecule has 0 nitrogen and oxygen atoms in total. The second-order valence-electron chi connectivity index (χ2n) is 3.28. The molecule has 0 N–H and O–H groups in total. The van der Waals surface area contributed by atoms with Gasteiger partial charge in [-0.3, -0.25) is 0 Å². The minimum atomic E-state index is 1.32. The number of rotatable bonds is 1. The van der Waals surface area contributed by atoms with Gasteiger partial charge in [-0.25, -0.2) is 0 Å². The number of hydrogen-bond donors (Lipinski definition) is 0. The average Bonchev–Trinajstić information content (AvgIpc) is 2.92. The standard InChI is InChI=1S/C12H12S.3C2H6/c1-9-4-3-5-11(8-9)12-7-6-10(2)13-12;3*1-2/h3-8H,1-2H3;3*1-2H3. The molecular formula is C18H30S. The summed E-state index contributed by atoms with van der Waals surface area (Å²) < 4.78 is 0. The molecule has 0 aliphatic carbocycles. The van der Waals surface area contributed by atoms with Crippen molar-refractivity contribution in [2.45, 2.75) is 55.4 Å². The van der Waals surface area contributed by atoms with E-state index >= 15 is 0 Å². The van der Waals surface area contributed by atoms with E-state index in [9.17, 15) is 0 Å². The van der Waals surface area contributed by atoms with Gasteiger partial charge in [-0.05, 0) is 31.5 Å². The molecule has 0 fully saturated rings. The molecule has 1 aromatic heterocycles. The van der Waals surface area contributed by atoms with Crippen LogP contribution in [0.25, 0.3) is 10.4 Å². The van der Waals surface area contributed by atoms with Gasteiger partial charge >= 0.3 is 0 Å². The van der Waals surface area contributed by atoms with Crippen LogP contribution in [0.1, 0.15) is 52.0 Å². The van der Waals surface area contributed by atoms with Crippen molar-refractivity contribution in [3.63, 3.8) is 0 Å². The maximum atomic E-state index is 2.23. The van der Waals surface area contributed by atoms with Crippen LogP contribution in [0.2, 0.25) is 0 Å². The van der Waals surface area contributed by atoms with Gasteiger partial charge in [-0.1, -0.05) is 71.4 Å². The summed E-state index contributed by atoms with van der Waals surface area (Å²) in [6, 6.07) is 13.0. The summed E-state index contributed by atoms with van der Waals surface area (Å²) in [4.78, 5) is 2.73. The van der Waals surface area contributed by atoms with Crippen LogP contribution in [0.15, 0.2) is 36.4 Å². The van der Waals surface area contributed by atoms with Crippen molar-refractivity contribution in [1.82, 2.24) is 0 Å². The van der Waals surface area contributed by atoms with Crippen molar-refractivity contribution < 1.29 is 0 Å². The molecule has 1 heterocycles. The van der Waals surface area contributed by atoms with Gasteiger partial charge in [0.1, 0.15) is 0 Å². The van der Waals surface area contributed by atoms with Crippen LogP contribution in [0.5, 0.6) is 0 Å². The van der Waals surface area contributed by atoms with E-state index in [1.165, 1.54) is 20.9 Å². The number of benzene rings is 1. The molecule has 0 spiro atoms. The second-order valence-corrected chi connectivity index (χ2v) is 4.57. The minimum absolute atomic E-state index is 1.32. The monoisotopic (exact) mass is 278 g/mol. The first-order valence-corrected chi connectivity index (χ1v) is 8.21. The van der Waals surface area contributed by atoms with Gasteiger partial charge in [0, 0.05) is 9.75 Å². The Morgan fingerprint density at radius 3 is 1.74 bits per heavy atom. The molecule has 1 heteroatoms. The topological polar surface area (TPSA) is 0 Å². The Labute approximate surface area is 124 Å². The summed E-state index contributed by atoms with van der Waals surface area (Å²) in [6.45, 7) is 16.3. The normalized spacial score (nSPS) is 8.00. The Balaban J connectivity index is 0. The van der Waals surface area contributed by atoms with Crippen LogP contribution in [0, 0.1) is 13.8 Å². The SMILES string of the molecule is CC.CC.CC.Cc1cccc(-c2ccc(C)s2)c1.